The van der Waals surface area contributed by atoms with Gasteiger partial charge < -0.3 is 15.6 Å². The maximum absolute atomic E-state index is 10.1. The minimum absolute atomic E-state index is 0. The molecule has 4 N–H and O–H groups in total. The molecular formula is C7H15NO7S. The van der Waals surface area contributed by atoms with E-state index in [1.165, 1.54) is 0 Å². The van der Waals surface area contributed by atoms with Crippen LogP contribution in [0.4, 0.5) is 0 Å². The monoisotopic (exact) mass is 257 g/mol. The van der Waals surface area contributed by atoms with Gasteiger partial charge in [-0.05, 0) is 6.42 Å². The topological polar surface area (TPSA) is 142 Å². The maximum Gasteiger partial charge on any atom is 0.339 e. The Morgan fingerprint density at radius 1 is 1.25 bits per heavy atom. The van der Waals surface area contributed by atoms with Crippen molar-refractivity contribution in [2.45, 2.75) is 13.3 Å². The van der Waals surface area contributed by atoms with Crippen molar-refractivity contribution >= 4 is 22.1 Å². The number of esters is 2. The van der Waals surface area contributed by atoms with Gasteiger partial charge in [0.05, 0.1) is 5.75 Å². The van der Waals surface area contributed by atoms with Crippen LogP contribution < -0.4 is 6.15 Å². The van der Waals surface area contributed by atoms with Gasteiger partial charge >= 0.3 is 11.9 Å². The predicted molar refractivity (Wildman–Crippen MR) is 53.6 cm³/mol. The molecular weight excluding hydrogens is 242 g/mol. The fourth-order valence-corrected chi connectivity index (χ4v) is 1.18. The molecule has 0 saturated carbocycles. The predicted octanol–water partition coefficient (Wildman–Crippen LogP) is -0.467. The van der Waals surface area contributed by atoms with Crippen LogP contribution in [-0.4, -0.2) is 43.9 Å². The molecule has 1 saturated heterocycles. The summed E-state index contributed by atoms with van der Waals surface area (Å²) < 4.78 is 36.1. The quantitative estimate of drug-likeness (QED) is 0.384. The van der Waals surface area contributed by atoms with Gasteiger partial charge in [-0.25, -0.2) is 9.59 Å². The molecule has 0 spiro atoms. The molecule has 8 nitrogen and oxygen atoms in total. The lowest BCUT2D eigenvalue weighted by atomic mass is 10.6. The molecule has 1 rings (SSSR count). The first kappa shape index (κ1) is 17.4. The number of hydrogen-bond donors (Lipinski definition) is 2. The molecule has 0 atom stereocenters. The van der Waals surface area contributed by atoms with E-state index in [4.69, 9.17) is 4.55 Å². The van der Waals surface area contributed by atoms with Gasteiger partial charge in [-0.15, -0.1) is 0 Å². The maximum atomic E-state index is 10.1. The normalized spacial score (nSPS) is 15.4. The molecule has 9 heteroatoms. The molecule has 16 heavy (non-hydrogen) atoms. The van der Waals surface area contributed by atoms with Crippen molar-refractivity contribution < 1.29 is 32.0 Å². The van der Waals surface area contributed by atoms with Crippen molar-refractivity contribution in [3.8, 4) is 0 Å². The lowest BCUT2D eigenvalue weighted by Crippen LogP contribution is -2.28. The second-order valence-corrected chi connectivity index (χ2v) is 4.20. The Labute approximate surface area is 93.2 Å². The summed E-state index contributed by atoms with van der Waals surface area (Å²) in [5.41, 5.74) is 0. The molecule has 1 aliphatic heterocycles. The number of carbonyl (C=O) groups excluding carboxylic acids is 2. The standard InChI is InChI=1S/C4H4O4.C3H8O3S.H3N/c5-3-1-7-2-4(6)8-3;1-2-3-7(4,5)6;/h1-2H2;2-3H2,1H3,(H,4,5,6);1H3. The van der Waals surface area contributed by atoms with Crippen molar-refractivity contribution in [2.75, 3.05) is 19.0 Å². The van der Waals surface area contributed by atoms with Gasteiger partial charge in [0.1, 0.15) is 13.2 Å². The van der Waals surface area contributed by atoms with E-state index in [0.717, 1.165) is 0 Å². The van der Waals surface area contributed by atoms with Crippen LogP contribution in [0.5, 0.6) is 0 Å². The van der Waals surface area contributed by atoms with Crippen LogP contribution in [0.3, 0.4) is 0 Å². The first-order chi connectivity index (χ1) is 6.85. The average Bonchev–Trinajstić information content (AvgIpc) is 2.01. The fraction of sp³-hybridized carbons (Fsp3) is 0.714. The molecule has 0 amide bonds. The lowest BCUT2D eigenvalue weighted by molar-refractivity contribution is -0.174. The Bertz CT molecular complexity index is 310. The van der Waals surface area contributed by atoms with Gasteiger partial charge in [-0.1, -0.05) is 6.92 Å². The summed E-state index contributed by atoms with van der Waals surface area (Å²) in [6.07, 6.45) is 0.471. The summed E-state index contributed by atoms with van der Waals surface area (Å²) in [4.78, 5) is 20.2. The zero-order chi connectivity index (χ0) is 11.9. The van der Waals surface area contributed by atoms with Crippen LogP contribution in [0.2, 0.25) is 0 Å². The highest BCUT2D eigenvalue weighted by Gasteiger charge is 2.16. The molecule has 0 aromatic rings. The summed E-state index contributed by atoms with van der Waals surface area (Å²) in [6, 6.07) is 0. The van der Waals surface area contributed by atoms with Crippen molar-refractivity contribution in [1.29, 1.82) is 0 Å². The molecule has 0 aromatic heterocycles. The average molecular weight is 257 g/mol. The zero-order valence-corrected chi connectivity index (χ0v) is 9.66. The first-order valence-corrected chi connectivity index (χ1v) is 5.72. The van der Waals surface area contributed by atoms with Crippen molar-refractivity contribution in [3.05, 3.63) is 0 Å². The molecule has 1 aliphatic rings. The molecule has 1 heterocycles. The Morgan fingerprint density at radius 2 is 1.69 bits per heavy atom. The highest BCUT2D eigenvalue weighted by Crippen LogP contribution is 1.90. The van der Waals surface area contributed by atoms with Gasteiger partial charge in [-0.2, -0.15) is 8.42 Å². The second kappa shape index (κ2) is 8.16. The minimum atomic E-state index is -3.67. The molecule has 0 unspecified atom stereocenters. The van der Waals surface area contributed by atoms with Crippen LogP contribution in [0, 0.1) is 0 Å². The number of cyclic esters (lactones) is 2. The summed E-state index contributed by atoms with van der Waals surface area (Å²) in [7, 11) is -3.67. The third kappa shape index (κ3) is 11.0. The second-order valence-electron chi connectivity index (χ2n) is 2.62. The van der Waals surface area contributed by atoms with Crippen LogP contribution in [0.15, 0.2) is 0 Å². The van der Waals surface area contributed by atoms with Crippen LogP contribution in [-0.2, 0) is 29.2 Å². The SMILES string of the molecule is CCCS(=O)(=O)O.N.O=C1COCC(=O)O1. The molecule has 0 aromatic carbocycles. The smallest absolute Gasteiger partial charge is 0.339 e. The molecule has 0 radical (unpaired) electrons. The Hall–Kier alpha value is -1.03. The molecule has 0 aliphatic carbocycles. The van der Waals surface area contributed by atoms with Crippen molar-refractivity contribution in [3.63, 3.8) is 0 Å². The third-order valence-corrected chi connectivity index (χ3v) is 2.05. The number of rotatable bonds is 2. The fourth-order valence-electron chi connectivity index (χ4n) is 0.662. The van der Waals surface area contributed by atoms with Gasteiger partial charge in [0.25, 0.3) is 10.1 Å². The number of hydrogen-bond acceptors (Lipinski definition) is 7. The van der Waals surface area contributed by atoms with Crippen molar-refractivity contribution in [1.82, 2.24) is 6.15 Å². The lowest BCUT2D eigenvalue weighted by Gasteiger charge is -2.07. The summed E-state index contributed by atoms with van der Waals surface area (Å²) >= 11 is 0. The number of ether oxygens (including phenoxy) is 2. The summed E-state index contributed by atoms with van der Waals surface area (Å²) in [6.45, 7) is 1.48. The molecule has 1 fully saturated rings. The molecule has 0 bridgehead atoms. The Balaban J connectivity index is 0. The van der Waals surface area contributed by atoms with E-state index in [0.29, 0.717) is 6.42 Å². The Kier molecular flexibility index (Phi) is 8.86. The van der Waals surface area contributed by atoms with Gasteiger partial charge in [0, 0.05) is 0 Å². The zero-order valence-electron chi connectivity index (χ0n) is 8.84. The third-order valence-electron chi connectivity index (χ3n) is 1.13. The van der Waals surface area contributed by atoms with Crippen LogP contribution in [0.25, 0.3) is 0 Å². The highest BCUT2D eigenvalue weighted by atomic mass is 32.2. The van der Waals surface area contributed by atoms with Gasteiger partial charge in [-0.3, -0.25) is 4.55 Å². The molecule has 96 valence electrons. The van der Waals surface area contributed by atoms with E-state index in [9.17, 15) is 18.0 Å². The highest BCUT2D eigenvalue weighted by molar-refractivity contribution is 7.85. The van der Waals surface area contributed by atoms with E-state index in [1.54, 1.807) is 6.92 Å². The van der Waals surface area contributed by atoms with E-state index in [-0.39, 0.29) is 25.1 Å². The van der Waals surface area contributed by atoms with E-state index >= 15 is 0 Å². The van der Waals surface area contributed by atoms with Gasteiger partial charge in [0.15, 0.2) is 0 Å². The Morgan fingerprint density at radius 3 is 1.81 bits per heavy atom. The first-order valence-electron chi connectivity index (χ1n) is 4.11. The summed E-state index contributed by atoms with van der Waals surface area (Å²) in [5.74, 6) is -1.35. The van der Waals surface area contributed by atoms with Crippen LogP contribution in [0.1, 0.15) is 13.3 Å². The van der Waals surface area contributed by atoms with Gasteiger partial charge in [0.2, 0.25) is 0 Å². The van der Waals surface area contributed by atoms with E-state index in [2.05, 4.69) is 9.47 Å². The van der Waals surface area contributed by atoms with E-state index in [1.807, 2.05) is 0 Å². The largest absolute Gasteiger partial charge is 0.390 e. The van der Waals surface area contributed by atoms with E-state index < -0.39 is 22.1 Å². The van der Waals surface area contributed by atoms with Crippen LogP contribution >= 0.6 is 0 Å². The number of carbonyl (C=O) groups is 2. The minimum Gasteiger partial charge on any atom is -0.390 e. The summed E-state index contributed by atoms with van der Waals surface area (Å²) in [5, 5.41) is 0. The van der Waals surface area contributed by atoms with Crippen molar-refractivity contribution in [2.24, 2.45) is 0 Å².